The lowest BCUT2D eigenvalue weighted by Gasteiger charge is -2.24. The van der Waals surface area contributed by atoms with Crippen molar-refractivity contribution in [2.75, 3.05) is 37.0 Å². The largest absolute Gasteiger partial charge is 0.494 e. The Morgan fingerprint density at radius 1 is 1.24 bits per heavy atom. The van der Waals surface area contributed by atoms with Gasteiger partial charge in [0, 0.05) is 24.0 Å². The van der Waals surface area contributed by atoms with Crippen LogP contribution in [-0.2, 0) is 12.8 Å². The van der Waals surface area contributed by atoms with Gasteiger partial charge >= 0.3 is 0 Å². The van der Waals surface area contributed by atoms with Gasteiger partial charge in [-0.15, -0.1) is 0 Å². The molecule has 0 bridgehead atoms. The number of hydrogen-bond acceptors (Lipinski definition) is 5. The second kappa shape index (κ2) is 9.95. The number of amides is 1. The van der Waals surface area contributed by atoms with E-state index in [2.05, 4.69) is 10.3 Å². The first-order valence-corrected chi connectivity index (χ1v) is 10.7. The van der Waals surface area contributed by atoms with Crippen molar-refractivity contribution in [3.05, 3.63) is 82.8 Å². The van der Waals surface area contributed by atoms with Gasteiger partial charge in [0.05, 0.1) is 20.3 Å². The first-order chi connectivity index (χ1) is 16.0. The molecule has 1 aliphatic rings. The molecule has 1 atom stereocenters. The monoisotopic (exact) mass is 453 g/mol. The zero-order valence-electron chi connectivity index (χ0n) is 18.2. The minimum atomic E-state index is -1.62. The summed E-state index contributed by atoms with van der Waals surface area (Å²) in [6.07, 6.45) is 1.00. The molecular formula is C25H25F2N3O3. The van der Waals surface area contributed by atoms with E-state index in [4.69, 9.17) is 4.74 Å². The molecule has 0 radical (unpaired) electrons. The molecule has 2 heterocycles. The molecule has 6 nitrogen and oxygen atoms in total. The molecule has 2 aromatic carbocycles. The third-order valence-electron chi connectivity index (χ3n) is 5.63. The first-order valence-electron chi connectivity index (χ1n) is 10.7. The fraction of sp³-hybridized carbons (Fsp3) is 0.280. The predicted octanol–water partition coefficient (Wildman–Crippen LogP) is 3.77. The normalized spacial score (nSPS) is 13.2. The molecule has 2 N–H and O–H groups in total. The highest BCUT2D eigenvalue weighted by molar-refractivity contribution is 6.07. The summed E-state index contributed by atoms with van der Waals surface area (Å²) in [7, 11) is 1.40. The summed E-state index contributed by atoms with van der Waals surface area (Å²) in [6.45, 7) is -0.308. The first kappa shape index (κ1) is 22.7. The van der Waals surface area contributed by atoms with Crippen molar-refractivity contribution < 1.29 is 23.4 Å². The Balaban J connectivity index is 1.65. The number of carbonyl (C=O) groups excluding carboxylic acids is 1. The molecule has 0 aliphatic carbocycles. The van der Waals surface area contributed by atoms with E-state index in [-0.39, 0.29) is 24.0 Å². The highest BCUT2D eigenvalue weighted by Crippen LogP contribution is 2.28. The van der Waals surface area contributed by atoms with Crippen molar-refractivity contribution in [1.29, 1.82) is 0 Å². The SMILES string of the molecule is COc1ccc(Cc2ccnc(N(C[C@@H](F)CO)C(=O)c3cccc4c3CCN4)c2)cc1F. The summed E-state index contributed by atoms with van der Waals surface area (Å²) in [6, 6.07) is 13.6. The van der Waals surface area contributed by atoms with E-state index in [1.165, 1.54) is 24.3 Å². The number of pyridine rings is 1. The molecule has 33 heavy (non-hydrogen) atoms. The third-order valence-corrected chi connectivity index (χ3v) is 5.63. The van der Waals surface area contributed by atoms with Crippen LogP contribution >= 0.6 is 0 Å². The van der Waals surface area contributed by atoms with Gasteiger partial charge in [-0.2, -0.15) is 0 Å². The number of aromatic nitrogens is 1. The number of methoxy groups -OCH3 is 1. The zero-order valence-corrected chi connectivity index (χ0v) is 18.2. The highest BCUT2D eigenvalue weighted by atomic mass is 19.1. The second-order valence-corrected chi connectivity index (χ2v) is 7.87. The molecule has 0 unspecified atom stereocenters. The molecule has 0 saturated carbocycles. The second-order valence-electron chi connectivity index (χ2n) is 7.87. The number of aliphatic hydroxyl groups is 1. The molecule has 1 amide bonds. The molecule has 3 aromatic rings. The Bertz CT molecular complexity index is 1160. The molecule has 1 aromatic heterocycles. The van der Waals surface area contributed by atoms with E-state index in [0.717, 1.165) is 23.4 Å². The number of aliphatic hydroxyl groups excluding tert-OH is 1. The fourth-order valence-corrected chi connectivity index (χ4v) is 4.00. The molecule has 172 valence electrons. The van der Waals surface area contributed by atoms with Crippen LogP contribution in [0.2, 0.25) is 0 Å². The average molecular weight is 453 g/mol. The Hall–Kier alpha value is -3.52. The quantitative estimate of drug-likeness (QED) is 0.543. The maximum absolute atomic E-state index is 14.2. The summed E-state index contributed by atoms with van der Waals surface area (Å²) in [5.41, 5.74) is 3.75. The average Bonchev–Trinajstić information content (AvgIpc) is 3.31. The summed E-state index contributed by atoms with van der Waals surface area (Å²) in [4.78, 5) is 19.0. The van der Waals surface area contributed by atoms with Gasteiger partial charge < -0.3 is 15.2 Å². The Labute approximate surface area is 190 Å². The lowest BCUT2D eigenvalue weighted by Crippen LogP contribution is -2.38. The number of nitrogens with zero attached hydrogens (tertiary/aromatic N) is 2. The van der Waals surface area contributed by atoms with Crippen molar-refractivity contribution in [1.82, 2.24) is 4.98 Å². The van der Waals surface area contributed by atoms with Gasteiger partial charge in [-0.1, -0.05) is 12.1 Å². The van der Waals surface area contributed by atoms with Gasteiger partial charge in [0.1, 0.15) is 12.0 Å². The van der Waals surface area contributed by atoms with Crippen LogP contribution in [0.15, 0.2) is 54.7 Å². The standard InChI is InChI=1S/C25H25F2N3O3/c1-33-23-6-5-16(12-21(23)27)11-17-7-9-29-24(13-17)30(14-18(26)15-31)25(32)20-3-2-4-22-19(20)8-10-28-22/h2-7,9,12-13,18,28,31H,8,10-11,14-15H2,1H3/t18-/m1/s1. The summed E-state index contributed by atoms with van der Waals surface area (Å²) in [5, 5.41) is 12.5. The Morgan fingerprint density at radius 2 is 2.06 bits per heavy atom. The van der Waals surface area contributed by atoms with Crippen molar-refractivity contribution in [2.45, 2.75) is 19.0 Å². The van der Waals surface area contributed by atoms with Gasteiger partial charge in [0.25, 0.3) is 5.91 Å². The minimum Gasteiger partial charge on any atom is -0.494 e. The van der Waals surface area contributed by atoms with Crippen LogP contribution in [0, 0.1) is 5.82 Å². The number of nitrogens with one attached hydrogen (secondary N) is 1. The number of ether oxygens (including phenoxy) is 1. The van der Waals surface area contributed by atoms with Crippen LogP contribution in [0.5, 0.6) is 5.75 Å². The maximum Gasteiger partial charge on any atom is 0.259 e. The zero-order chi connectivity index (χ0) is 23.4. The molecule has 4 rings (SSSR count). The minimum absolute atomic E-state index is 0.161. The van der Waals surface area contributed by atoms with Gasteiger partial charge in [-0.05, 0) is 65.9 Å². The molecule has 0 fully saturated rings. The Kier molecular flexibility index (Phi) is 6.84. The molecule has 0 saturated heterocycles. The van der Waals surface area contributed by atoms with E-state index >= 15 is 0 Å². The van der Waals surface area contributed by atoms with Gasteiger partial charge in [0.2, 0.25) is 0 Å². The number of hydrogen-bond donors (Lipinski definition) is 2. The maximum atomic E-state index is 14.2. The number of halogens is 2. The number of benzene rings is 2. The number of carbonyl (C=O) groups is 1. The van der Waals surface area contributed by atoms with Gasteiger partial charge in [0.15, 0.2) is 11.6 Å². The number of rotatable bonds is 8. The summed E-state index contributed by atoms with van der Waals surface area (Å²) < 4.78 is 33.3. The Morgan fingerprint density at radius 3 is 2.82 bits per heavy atom. The van der Waals surface area contributed by atoms with E-state index in [1.54, 1.807) is 36.4 Å². The van der Waals surface area contributed by atoms with E-state index in [9.17, 15) is 18.7 Å². The highest BCUT2D eigenvalue weighted by Gasteiger charge is 2.27. The number of anilines is 2. The van der Waals surface area contributed by atoms with Crippen molar-refractivity contribution >= 4 is 17.4 Å². The van der Waals surface area contributed by atoms with Gasteiger partial charge in [-0.3, -0.25) is 9.69 Å². The number of alkyl halides is 1. The van der Waals surface area contributed by atoms with Crippen molar-refractivity contribution in [3.63, 3.8) is 0 Å². The lowest BCUT2D eigenvalue weighted by atomic mass is 10.0. The van der Waals surface area contributed by atoms with Crippen LogP contribution in [0.1, 0.15) is 27.0 Å². The number of fused-ring (bicyclic) bond motifs is 1. The van der Waals surface area contributed by atoms with Gasteiger partial charge in [-0.25, -0.2) is 13.8 Å². The fourth-order valence-electron chi connectivity index (χ4n) is 4.00. The molecular weight excluding hydrogens is 428 g/mol. The molecule has 1 aliphatic heterocycles. The predicted molar refractivity (Wildman–Crippen MR) is 122 cm³/mol. The van der Waals surface area contributed by atoms with Crippen LogP contribution < -0.4 is 15.0 Å². The van der Waals surface area contributed by atoms with E-state index in [1.807, 2.05) is 6.07 Å². The van der Waals surface area contributed by atoms with Crippen LogP contribution in [0.4, 0.5) is 20.3 Å². The van der Waals surface area contributed by atoms with Crippen LogP contribution in [0.25, 0.3) is 0 Å². The van der Waals surface area contributed by atoms with Crippen LogP contribution in [-0.4, -0.2) is 49.0 Å². The van der Waals surface area contributed by atoms with Crippen LogP contribution in [0.3, 0.4) is 0 Å². The molecule has 8 heteroatoms. The summed E-state index contributed by atoms with van der Waals surface area (Å²) in [5.74, 6) is -0.414. The topological polar surface area (TPSA) is 74.7 Å². The lowest BCUT2D eigenvalue weighted by molar-refractivity contribution is 0.0968. The van der Waals surface area contributed by atoms with E-state index in [0.29, 0.717) is 24.0 Å². The summed E-state index contributed by atoms with van der Waals surface area (Å²) >= 11 is 0. The smallest absolute Gasteiger partial charge is 0.259 e. The van der Waals surface area contributed by atoms with E-state index < -0.39 is 18.6 Å². The van der Waals surface area contributed by atoms with Crippen molar-refractivity contribution in [2.24, 2.45) is 0 Å². The van der Waals surface area contributed by atoms with Crippen molar-refractivity contribution in [3.8, 4) is 5.75 Å². The third kappa shape index (κ3) is 4.96. The molecule has 0 spiro atoms.